The van der Waals surface area contributed by atoms with Gasteiger partial charge >= 0.3 is 5.97 Å². The molecule has 0 bridgehead atoms. The third-order valence-corrected chi connectivity index (χ3v) is 10.0. The van der Waals surface area contributed by atoms with Gasteiger partial charge in [0.05, 0.1) is 34.0 Å². The first kappa shape index (κ1) is 32.0. The Balaban J connectivity index is 1.21. The molecule has 9 nitrogen and oxygen atoms in total. The maximum Gasteiger partial charge on any atom is 0.306 e. The summed E-state index contributed by atoms with van der Waals surface area (Å²) in [6, 6.07) is 11.7. The molecule has 6 aromatic rings. The van der Waals surface area contributed by atoms with Gasteiger partial charge in [-0.15, -0.1) is 11.3 Å². The summed E-state index contributed by atoms with van der Waals surface area (Å²) in [4.78, 5) is 24.2. The van der Waals surface area contributed by atoms with Gasteiger partial charge < -0.3 is 14.5 Å². The van der Waals surface area contributed by atoms with Crippen LogP contribution >= 0.6 is 11.3 Å². The number of nitrogens with one attached hydrogen (secondary N) is 1. The molecule has 0 atom stereocenters. The number of esters is 1. The summed E-state index contributed by atoms with van der Waals surface area (Å²) < 4.78 is 83.6. The Morgan fingerprint density at radius 3 is 2.55 bits per heavy atom. The lowest BCUT2D eigenvalue weighted by molar-refractivity contribution is -0.143. The van der Waals surface area contributed by atoms with Gasteiger partial charge in [-0.3, -0.25) is 4.79 Å². The zero-order chi connectivity index (χ0) is 33.3. The van der Waals surface area contributed by atoms with Crippen molar-refractivity contribution < 1.29 is 35.9 Å². The lowest BCUT2D eigenvalue weighted by Crippen LogP contribution is -2.12. The molecule has 14 heteroatoms. The van der Waals surface area contributed by atoms with E-state index >= 15 is 8.78 Å². The quantitative estimate of drug-likeness (QED) is 0.143. The Hall–Kier alpha value is -4.95. The van der Waals surface area contributed by atoms with Crippen LogP contribution in [0.5, 0.6) is 11.5 Å². The van der Waals surface area contributed by atoms with E-state index in [4.69, 9.17) is 9.47 Å². The summed E-state index contributed by atoms with van der Waals surface area (Å²) in [6.07, 6.45) is 5.51. The Morgan fingerprint density at radius 1 is 1.00 bits per heavy atom. The second kappa shape index (κ2) is 13.0. The van der Waals surface area contributed by atoms with E-state index in [1.165, 1.54) is 41.7 Å². The number of thiazole rings is 1. The normalized spacial score (nSPS) is 11.7. The second-order valence-corrected chi connectivity index (χ2v) is 13.6. The monoisotopic (exact) mass is 680 g/mol. The number of benzene rings is 3. The summed E-state index contributed by atoms with van der Waals surface area (Å²) in [6.45, 7) is 3.88. The topological polar surface area (TPSA) is 116 Å². The number of imidazole rings is 1. The molecule has 3 aromatic heterocycles. The lowest BCUT2D eigenvalue weighted by atomic mass is 10.2. The highest BCUT2D eigenvalue weighted by Gasteiger charge is 2.24. The number of nitrogens with zero attached hydrogens (tertiary/aromatic N) is 3. The highest BCUT2D eigenvalue weighted by atomic mass is 32.2. The van der Waals surface area contributed by atoms with Crippen LogP contribution in [0.2, 0.25) is 0 Å². The average molecular weight is 681 g/mol. The molecule has 0 aliphatic carbocycles. The van der Waals surface area contributed by atoms with Gasteiger partial charge in [0.25, 0.3) is 10.0 Å². The van der Waals surface area contributed by atoms with Crippen molar-refractivity contribution in [1.82, 2.24) is 18.9 Å². The predicted molar refractivity (Wildman–Crippen MR) is 170 cm³/mol. The molecule has 3 aromatic carbocycles. The Bertz CT molecular complexity index is 2210. The van der Waals surface area contributed by atoms with Crippen LogP contribution in [0.25, 0.3) is 22.3 Å². The van der Waals surface area contributed by atoms with Crippen molar-refractivity contribution in [3.05, 3.63) is 112 Å². The first-order valence-corrected chi connectivity index (χ1v) is 16.7. The third-order valence-electron chi connectivity index (χ3n) is 7.24. The van der Waals surface area contributed by atoms with Crippen LogP contribution in [0, 0.1) is 24.4 Å². The zero-order valence-electron chi connectivity index (χ0n) is 25.1. The fourth-order valence-electron chi connectivity index (χ4n) is 4.92. The number of aromatic nitrogens is 4. The minimum absolute atomic E-state index is 0.00502. The molecule has 0 aliphatic heterocycles. The van der Waals surface area contributed by atoms with Crippen LogP contribution in [0.3, 0.4) is 0 Å². The predicted octanol–water partition coefficient (Wildman–Crippen LogP) is 7.33. The van der Waals surface area contributed by atoms with E-state index in [0.717, 1.165) is 37.8 Å². The summed E-state index contributed by atoms with van der Waals surface area (Å²) >= 11 is 1.44. The van der Waals surface area contributed by atoms with E-state index in [1.807, 2.05) is 6.92 Å². The minimum Gasteiger partial charge on any atom is -0.466 e. The molecule has 0 saturated heterocycles. The number of H-pyrrole nitrogens is 1. The van der Waals surface area contributed by atoms with Crippen LogP contribution in [-0.2, 0) is 32.4 Å². The number of aryl methyl sites for hydroxylation is 2. The molecule has 1 N–H and O–H groups in total. The summed E-state index contributed by atoms with van der Waals surface area (Å²) in [5.74, 6) is -3.87. The van der Waals surface area contributed by atoms with Gasteiger partial charge in [0.15, 0.2) is 17.4 Å². The number of ether oxygens (including phenoxy) is 2. The number of hydrogen-bond donors (Lipinski definition) is 1. The van der Waals surface area contributed by atoms with Crippen LogP contribution in [-0.4, -0.2) is 39.9 Å². The van der Waals surface area contributed by atoms with Gasteiger partial charge in [-0.1, -0.05) is 17.7 Å². The highest BCUT2D eigenvalue weighted by molar-refractivity contribution is 7.90. The van der Waals surface area contributed by atoms with Crippen molar-refractivity contribution in [2.45, 2.75) is 38.0 Å². The molecule has 3 heterocycles. The Labute approximate surface area is 271 Å². The first-order chi connectivity index (χ1) is 22.5. The molecule has 0 aliphatic rings. The Morgan fingerprint density at radius 2 is 1.79 bits per heavy atom. The van der Waals surface area contributed by atoms with E-state index in [1.54, 1.807) is 31.5 Å². The van der Waals surface area contributed by atoms with Crippen molar-refractivity contribution in [2.24, 2.45) is 0 Å². The van der Waals surface area contributed by atoms with Gasteiger partial charge in [0, 0.05) is 53.5 Å². The maximum absolute atomic E-state index is 15.6. The number of carbonyl (C=O) groups excluding carboxylic acids is 1. The summed E-state index contributed by atoms with van der Waals surface area (Å²) in [5, 5.41) is 0.605. The second-order valence-electron chi connectivity index (χ2n) is 10.6. The minimum atomic E-state index is -4.14. The maximum atomic E-state index is 15.6. The molecule has 0 fully saturated rings. The average Bonchev–Trinajstić information content (AvgIpc) is 3.80. The van der Waals surface area contributed by atoms with Crippen LogP contribution in [0.1, 0.15) is 34.5 Å². The molecule has 47 heavy (non-hydrogen) atoms. The number of aromatic amines is 1. The fraction of sp³-hybridized carbons (Fsp3) is 0.182. The molecule has 0 radical (unpaired) electrons. The van der Waals surface area contributed by atoms with Crippen molar-refractivity contribution in [3.63, 3.8) is 0 Å². The molecule has 0 amide bonds. The third kappa shape index (κ3) is 6.65. The first-order valence-electron chi connectivity index (χ1n) is 14.5. The SMILES string of the molecule is CCOC(=O)CCc1ncc(Cc2cnc(-c3cc(Oc4c(F)cc5c(ccn5S(=O)(=O)c5ccc(C)cc5)c4F)ccc3F)[nH]2)s1. The van der Waals surface area contributed by atoms with E-state index in [9.17, 15) is 17.6 Å². The van der Waals surface area contributed by atoms with Gasteiger partial charge in [0.1, 0.15) is 17.4 Å². The fourth-order valence-corrected chi connectivity index (χ4v) is 7.21. The van der Waals surface area contributed by atoms with Crippen molar-refractivity contribution in [3.8, 4) is 22.9 Å². The smallest absolute Gasteiger partial charge is 0.306 e. The van der Waals surface area contributed by atoms with E-state index in [0.29, 0.717) is 25.1 Å². The Kier molecular flexibility index (Phi) is 8.88. The number of carbonyl (C=O) groups is 1. The van der Waals surface area contributed by atoms with Crippen molar-refractivity contribution >= 4 is 38.2 Å². The van der Waals surface area contributed by atoms with Crippen LogP contribution in [0.4, 0.5) is 13.2 Å². The van der Waals surface area contributed by atoms with Crippen molar-refractivity contribution in [1.29, 1.82) is 0 Å². The lowest BCUT2D eigenvalue weighted by Gasteiger charge is -2.12. The largest absolute Gasteiger partial charge is 0.466 e. The van der Waals surface area contributed by atoms with Crippen molar-refractivity contribution in [2.75, 3.05) is 6.61 Å². The van der Waals surface area contributed by atoms with E-state index in [-0.39, 0.29) is 45.3 Å². The number of fused-ring (bicyclic) bond motifs is 1. The van der Waals surface area contributed by atoms with Gasteiger partial charge in [0.2, 0.25) is 0 Å². The molecular formula is C33H27F3N4O5S2. The number of halogens is 3. The van der Waals surface area contributed by atoms with Gasteiger partial charge in [-0.2, -0.15) is 0 Å². The molecule has 0 spiro atoms. The summed E-state index contributed by atoms with van der Waals surface area (Å²) in [7, 11) is -4.14. The van der Waals surface area contributed by atoms with Crippen LogP contribution in [0.15, 0.2) is 78.1 Å². The summed E-state index contributed by atoms with van der Waals surface area (Å²) in [5.41, 5.74) is 1.32. The zero-order valence-corrected chi connectivity index (χ0v) is 26.7. The molecule has 6 rings (SSSR count). The standard InChI is InChI=1S/C33H27F3N4O5S2/c1-3-44-30(41)11-10-29-37-18-22(46-29)14-20-17-38-33(39-20)25-15-21(6-9-26(25)34)45-32-27(35)16-28-24(31(32)36)12-13-40(28)47(42,43)23-7-4-19(2)5-8-23/h4-9,12-13,15-18H,3,10-11,14H2,1-2H3,(H,38,39). The molecule has 0 unspecified atom stereocenters. The van der Waals surface area contributed by atoms with Gasteiger partial charge in [-0.25, -0.2) is 35.5 Å². The van der Waals surface area contributed by atoms with E-state index < -0.39 is 33.2 Å². The molecule has 242 valence electrons. The van der Waals surface area contributed by atoms with E-state index in [2.05, 4.69) is 15.0 Å². The van der Waals surface area contributed by atoms with Gasteiger partial charge in [-0.05, 0) is 50.2 Å². The molecule has 0 saturated carbocycles. The van der Waals surface area contributed by atoms with Crippen LogP contribution < -0.4 is 4.74 Å². The number of rotatable bonds is 11. The highest BCUT2D eigenvalue weighted by Crippen LogP contribution is 2.36. The number of hydrogen-bond acceptors (Lipinski definition) is 8. The molecular weight excluding hydrogens is 654 g/mol.